The molecule has 0 atom stereocenters. The number of benzene rings is 1. The highest BCUT2D eigenvalue weighted by Gasteiger charge is 2.22. The third kappa shape index (κ3) is 4.03. The molecule has 0 saturated carbocycles. The molecule has 8 nitrogen and oxygen atoms in total. The molecule has 4 rings (SSSR count). The molecule has 30 heavy (non-hydrogen) atoms. The van der Waals surface area contributed by atoms with Gasteiger partial charge in [-0.1, -0.05) is 17.7 Å². The predicted octanol–water partition coefficient (Wildman–Crippen LogP) is 4.00. The highest BCUT2D eigenvalue weighted by molar-refractivity contribution is 6.33. The van der Waals surface area contributed by atoms with Crippen LogP contribution in [0.4, 0.5) is 23.0 Å². The first-order valence-electron chi connectivity index (χ1n) is 9.43. The van der Waals surface area contributed by atoms with Gasteiger partial charge >= 0.3 is 0 Å². The lowest BCUT2D eigenvalue weighted by Gasteiger charge is -2.31. The van der Waals surface area contributed by atoms with Gasteiger partial charge in [-0.3, -0.25) is 0 Å². The van der Waals surface area contributed by atoms with Gasteiger partial charge in [0.2, 0.25) is 5.69 Å². The van der Waals surface area contributed by atoms with Crippen LogP contribution in [0.1, 0.15) is 30.8 Å². The number of hydrogen-bond acceptors (Lipinski definition) is 7. The summed E-state index contributed by atoms with van der Waals surface area (Å²) in [6.07, 6.45) is 2.27. The molecule has 3 heterocycles. The molecule has 0 aliphatic carbocycles. The van der Waals surface area contributed by atoms with Crippen LogP contribution in [0.15, 0.2) is 36.7 Å². The average Bonchev–Trinajstić information content (AvgIpc) is 2.73. The quantitative estimate of drug-likeness (QED) is 0.615. The minimum Gasteiger partial charge on any atom is -0.384 e. The third-order valence-corrected chi connectivity index (χ3v) is 5.26. The van der Waals surface area contributed by atoms with Crippen molar-refractivity contribution in [3.05, 3.63) is 70.1 Å². The van der Waals surface area contributed by atoms with Gasteiger partial charge in [-0.2, -0.15) is 5.10 Å². The van der Waals surface area contributed by atoms with Crippen LogP contribution in [0, 0.1) is 6.57 Å². The molecule has 0 amide bonds. The monoisotopic (exact) mass is 421 g/mol. The number of halogens is 1. The zero-order chi connectivity index (χ0) is 21.3. The summed E-state index contributed by atoms with van der Waals surface area (Å²) in [6, 6.07) is 8.97. The highest BCUT2D eigenvalue weighted by atomic mass is 35.5. The Morgan fingerprint density at radius 3 is 2.70 bits per heavy atom. The number of nitrogens with zero attached hydrogens (tertiary/aromatic N) is 6. The Bertz CT molecular complexity index is 1120. The number of fused-ring (bicyclic) bond motifs is 1. The summed E-state index contributed by atoms with van der Waals surface area (Å²) >= 11 is 6.20. The van der Waals surface area contributed by atoms with Crippen molar-refractivity contribution in [1.29, 1.82) is 0 Å². The first-order chi connectivity index (χ1) is 14.3. The van der Waals surface area contributed by atoms with Gasteiger partial charge in [0, 0.05) is 22.8 Å². The van der Waals surface area contributed by atoms with E-state index in [1.807, 2.05) is 12.1 Å². The second-order valence-corrected chi connectivity index (χ2v) is 7.96. The second kappa shape index (κ2) is 7.86. The fourth-order valence-electron chi connectivity index (χ4n) is 3.31. The van der Waals surface area contributed by atoms with Gasteiger partial charge in [0.25, 0.3) is 0 Å². The molecule has 2 N–H and O–H groups in total. The summed E-state index contributed by atoms with van der Waals surface area (Å²) in [7, 11) is 0. The fraction of sp³-hybridized carbons (Fsp3) is 0.286. The van der Waals surface area contributed by atoms with Crippen molar-refractivity contribution in [2.24, 2.45) is 0 Å². The molecule has 1 aliphatic rings. The van der Waals surface area contributed by atoms with Crippen molar-refractivity contribution >= 4 is 34.6 Å². The smallest absolute Gasteiger partial charge is 0.205 e. The lowest BCUT2D eigenvalue weighted by molar-refractivity contribution is 0.0729. The maximum absolute atomic E-state index is 10.0. The summed E-state index contributed by atoms with van der Waals surface area (Å²) in [4.78, 5) is 14.4. The minimum atomic E-state index is -1.04. The summed E-state index contributed by atoms with van der Waals surface area (Å²) in [5.41, 5.74) is 2.81. The molecule has 0 bridgehead atoms. The molecular weight excluding hydrogens is 402 g/mol. The van der Waals surface area contributed by atoms with E-state index in [0.29, 0.717) is 34.6 Å². The Hall–Kier alpha value is -3.28. The summed E-state index contributed by atoms with van der Waals surface area (Å²) < 4.78 is 0. The number of anilines is 3. The molecule has 1 aliphatic heterocycles. The number of hydrogen-bond donors (Lipinski definition) is 2. The Kier molecular flexibility index (Phi) is 5.24. The number of nitrogens with one attached hydrogen (secondary N) is 1. The van der Waals surface area contributed by atoms with E-state index in [1.54, 1.807) is 32.0 Å². The van der Waals surface area contributed by atoms with E-state index in [-0.39, 0.29) is 0 Å². The van der Waals surface area contributed by atoms with Crippen LogP contribution < -0.4 is 10.2 Å². The molecule has 0 fully saturated rings. The van der Waals surface area contributed by atoms with Gasteiger partial charge in [0.05, 0.1) is 24.5 Å². The van der Waals surface area contributed by atoms with E-state index in [1.165, 1.54) is 6.33 Å². The van der Waals surface area contributed by atoms with Gasteiger partial charge in [-0.15, -0.1) is 5.10 Å². The van der Waals surface area contributed by atoms with Crippen molar-refractivity contribution in [2.75, 3.05) is 16.8 Å². The zero-order valence-corrected chi connectivity index (χ0v) is 17.3. The van der Waals surface area contributed by atoms with Crippen molar-refractivity contribution < 1.29 is 5.11 Å². The Morgan fingerprint density at radius 1 is 1.20 bits per heavy atom. The lowest BCUT2D eigenvalue weighted by Crippen LogP contribution is -2.31. The maximum atomic E-state index is 10.0. The molecule has 0 radical (unpaired) electrons. The van der Waals surface area contributed by atoms with Crippen molar-refractivity contribution in [1.82, 2.24) is 20.2 Å². The van der Waals surface area contributed by atoms with Gasteiger partial charge in [-0.05, 0) is 44.5 Å². The van der Waals surface area contributed by atoms with E-state index in [4.69, 9.17) is 18.2 Å². The maximum Gasteiger partial charge on any atom is 0.205 e. The summed E-state index contributed by atoms with van der Waals surface area (Å²) in [5, 5.41) is 21.9. The Balaban J connectivity index is 1.54. The topological polar surface area (TPSA) is 91.4 Å². The van der Waals surface area contributed by atoms with Crippen molar-refractivity contribution in [2.45, 2.75) is 32.4 Å². The van der Waals surface area contributed by atoms with Gasteiger partial charge in [0.15, 0.2) is 5.82 Å². The van der Waals surface area contributed by atoms with Crippen LogP contribution in [0.2, 0.25) is 5.02 Å². The van der Waals surface area contributed by atoms with Crippen LogP contribution in [-0.4, -0.2) is 31.8 Å². The number of aromatic nitrogens is 4. The molecule has 0 unspecified atom stereocenters. The second-order valence-electron chi connectivity index (χ2n) is 7.55. The van der Waals surface area contributed by atoms with Gasteiger partial charge in [-0.25, -0.2) is 14.8 Å². The molecule has 3 aromatic rings. The summed E-state index contributed by atoms with van der Waals surface area (Å²) in [6.45, 7) is 11.9. The van der Waals surface area contributed by atoms with E-state index in [2.05, 4.69) is 35.2 Å². The van der Waals surface area contributed by atoms with E-state index >= 15 is 0 Å². The van der Waals surface area contributed by atoms with E-state index in [9.17, 15) is 5.11 Å². The van der Waals surface area contributed by atoms with Crippen molar-refractivity contribution in [3.8, 4) is 0 Å². The number of aliphatic hydroxyl groups is 1. The minimum absolute atomic E-state index is 0.448. The molecule has 0 saturated heterocycles. The fourth-order valence-corrected chi connectivity index (χ4v) is 3.53. The van der Waals surface area contributed by atoms with Gasteiger partial charge in [0.1, 0.15) is 17.7 Å². The summed E-state index contributed by atoms with van der Waals surface area (Å²) in [5.74, 6) is 1.25. The SMILES string of the molecule is [C-]#[N+]c1ccc(N2CCc3c(ncnc3Nc3ccc(C(C)(C)O)nn3)C2)cc1Cl. The third-order valence-electron chi connectivity index (χ3n) is 4.96. The first-order valence-corrected chi connectivity index (χ1v) is 9.81. The van der Waals surface area contributed by atoms with Crippen LogP contribution in [0.5, 0.6) is 0 Å². The predicted molar refractivity (Wildman–Crippen MR) is 115 cm³/mol. The Morgan fingerprint density at radius 2 is 2.03 bits per heavy atom. The molecule has 1 aromatic carbocycles. The van der Waals surface area contributed by atoms with Crippen LogP contribution in [0.25, 0.3) is 4.85 Å². The lowest BCUT2D eigenvalue weighted by atomic mass is 10.0. The van der Waals surface area contributed by atoms with Crippen molar-refractivity contribution in [3.63, 3.8) is 0 Å². The largest absolute Gasteiger partial charge is 0.384 e. The normalized spacial score (nSPS) is 13.5. The molecular formula is C21H20ClN7O. The average molecular weight is 422 g/mol. The van der Waals surface area contributed by atoms with E-state index in [0.717, 1.165) is 29.9 Å². The standard InChI is InChI=1S/C21H20ClN7O/c1-21(2,30)18-6-7-19(28-27-18)26-20-14-8-9-29(11-17(14)24-12-25-20)13-4-5-16(23-3)15(22)10-13/h4-7,10,12,30H,8-9,11H2,1-2H3,(H,24,25,26,28). The Labute approximate surface area is 179 Å². The number of rotatable bonds is 4. The first kappa shape index (κ1) is 20.0. The van der Waals surface area contributed by atoms with Crippen LogP contribution >= 0.6 is 11.6 Å². The molecule has 152 valence electrons. The van der Waals surface area contributed by atoms with Crippen LogP contribution in [0.3, 0.4) is 0 Å². The van der Waals surface area contributed by atoms with Crippen LogP contribution in [-0.2, 0) is 18.6 Å². The molecule has 0 spiro atoms. The van der Waals surface area contributed by atoms with Gasteiger partial charge < -0.3 is 15.3 Å². The zero-order valence-electron chi connectivity index (χ0n) is 16.6. The molecule has 9 heteroatoms. The van der Waals surface area contributed by atoms with E-state index < -0.39 is 5.60 Å². The highest BCUT2D eigenvalue weighted by Crippen LogP contribution is 2.33. The molecule has 2 aromatic heterocycles.